The lowest BCUT2D eigenvalue weighted by Gasteiger charge is -2.18. The minimum Gasteiger partial charge on any atom is -0.462 e. The number of carbonyl (C=O) groups is 3. The van der Waals surface area contributed by atoms with Crippen LogP contribution in [0.2, 0.25) is 0 Å². The van der Waals surface area contributed by atoms with Crippen LogP contribution >= 0.6 is 0 Å². The fraction of sp³-hybridized carbons (Fsp3) is 0.597. The summed E-state index contributed by atoms with van der Waals surface area (Å²) >= 11 is 0. The van der Waals surface area contributed by atoms with Gasteiger partial charge < -0.3 is 14.2 Å². The molecule has 0 aliphatic carbocycles. The fourth-order valence-electron chi connectivity index (χ4n) is 8.74. The first-order chi connectivity index (χ1) is 41.0. The molecule has 0 fully saturated rings. The first kappa shape index (κ1) is 77.8. The lowest BCUT2D eigenvalue weighted by atomic mass is 10.1. The molecule has 0 N–H and O–H groups in total. The van der Waals surface area contributed by atoms with Crippen LogP contribution in [0.25, 0.3) is 0 Å². The largest absolute Gasteiger partial charge is 0.462 e. The first-order valence-electron chi connectivity index (χ1n) is 33.6. The molecule has 0 heterocycles. The van der Waals surface area contributed by atoms with Crippen LogP contribution in [-0.4, -0.2) is 37.2 Å². The molecule has 0 aliphatic heterocycles. The summed E-state index contributed by atoms with van der Waals surface area (Å²) in [4.78, 5) is 38.4. The first-order valence-corrected chi connectivity index (χ1v) is 33.6. The maximum absolute atomic E-state index is 12.9. The van der Waals surface area contributed by atoms with Gasteiger partial charge in [0, 0.05) is 19.3 Å². The van der Waals surface area contributed by atoms with Crippen molar-refractivity contribution in [2.75, 3.05) is 13.2 Å². The van der Waals surface area contributed by atoms with E-state index in [2.05, 4.69) is 185 Å². The number of carbonyl (C=O) groups excluding carboxylic acids is 3. The lowest BCUT2D eigenvalue weighted by Crippen LogP contribution is -2.30. The van der Waals surface area contributed by atoms with Crippen LogP contribution < -0.4 is 0 Å². The summed E-state index contributed by atoms with van der Waals surface area (Å²) in [6.07, 6.45) is 102. The number of hydrogen-bond donors (Lipinski definition) is 0. The van der Waals surface area contributed by atoms with Gasteiger partial charge in [-0.15, -0.1) is 0 Å². The monoisotopic (exact) mass is 1140 g/mol. The molecule has 0 spiro atoms. The third-order valence-corrected chi connectivity index (χ3v) is 13.7. The Labute approximate surface area is 511 Å². The highest BCUT2D eigenvalue weighted by molar-refractivity contribution is 5.71. The van der Waals surface area contributed by atoms with Gasteiger partial charge in [-0.3, -0.25) is 14.4 Å². The summed E-state index contributed by atoms with van der Waals surface area (Å²) in [5, 5.41) is 0. The molecule has 0 aromatic carbocycles. The molecule has 0 amide bonds. The summed E-state index contributed by atoms with van der Waals surface area (Å²) < 4.78 is 16.9. The fourth-order valence-corrected chi connectivity index (χ4v) is 8.74. The molecule has 0 aromatic heterocycles. The third kappa shape index (κ3) is 67.4. The van der Waals surface area contributed by atoms with Crippen LogP contribution in [0, 0.1) is 0 Å². The molecule has 0 aromatic rings. The third-order valence-electron chi connectivity index (χ3n) is 13.7. The van der Waals surface area contributed by atoms with Gasteiger partial charge in [0.15, 0.2) is 6.10 Å². The van der Waals surface area contributed by atoms with Crippen molar-refractivity contribution in [1.82, 2.24) is 0 Å². The van der Waals surface area contributed by atoms with Gasteiger partial charge >= 0.3 is 17.9 Å². The zero-order chi connectivity index (χ0) is 59.9. The number of unbranched alkanes of at least 4 members (excludes halogenated alkanes) is 20. The predicted octanol–water partition coefficient (Wildman–Crippen LogP) is 23.4. The van der Waals surface area contributed by atoms with Crippen LogP contribution in [-0.2, 0) is 28.6 Å². The quantitative estimate of drug-likeness (QED) is 0.0261. The van der Waals surface area contributed by atoms with Crippen molar-refractivity contribution in [2.45, 2.75) is 284 Å². The van der Waals surface area contributed by atoms with Gasteiger partial charge in [-0.05, 0) is 141 Å². The summed E-state index contributed by atoms with van der Waals surface area (Å²) in [6, 6.07) is 0. The maximum atomic E-state index is 12.9. The van der Waals surface area contributed by atoms with E-state index in [9.17, 15) is 14.4 Å². The number of allylic oxidation sites excluding steroid dienone is 28. The molecule has 1 unspecified atom stereocenters. The van der Waals surface area contributed by atoms with E-state index in [0.717, 1.165) is 141 Å². The standard InChI is InChI=1S/C77H122O6/c1-4-7-10-13-16-19-22-25-28-31-34-36-37-38-39-41-43-46-49-52-55-58-61-64-67-70-76(79)82-73-74(72-81-75(78)69-66-63-60-57-54-51-48-45-42-33-30-27-24-21-18-15-12-9-6-3)83-77(80)71-68-65-62-59-56-53-50-47-44-40-35-32-29-26-23-20-17-14-11-8-5-2/h7,9-10,12,16,18-19,21,23,25-28,30,32,34-36,38-39,42,44-45,47,51,54,60,63,74H,4-6,8,11,13-15,17,20,22,24,29,31,33,37,40-41,43,46,48-50,52-53,55-59,61-62,64-73H2,1-3H3/b10-7-,12-9-,19-16-,21-18-,26-23-,28-25-,30-27-,35-32-,36-34-,39-38-,45-42-,47-44-,54-51-,63-60-. The Kier molecular flexibility index (Phi) is 64.9. The molecule has 0 aliphatic rings. The smallest absolute Gasteiger partial charge is 0.306 e. The highest BCUT2D eigenvalue weighted by Gasteiger charge is 2.19. The SMILES string of the molecule is CC/C=C\C/C=C\C/C=C\C/C=C\C/C=C\C/C=C\CCC(=O)OCC(COC(=O)CCCCCCCCCCC/C=C\C/C=C\C/C=C\C/C=C\C/C=C\CC)OC(=O)CCCCCCCC/C=C\C/C=C\C/C=C\CCCCCCC. The maximum Gasteiger partial charge on any atom is 0.306 e. The molecule has 0 rings (SSSR count). The number of ether oxygens (including phenoxy) is 3. The van der Waals surface area contributed by atoms with E-state index in [-0.39, 0.29) is 44.0 Å². The molecule has 0 saturated carbocycles. The zero-order valence-corrected chi connectivity index (χ0v) is 53.4. The van der Waals surface area contributed by atoms with Crippen molar-refractivity contribution >= 4 is 17.9 Å². The average Bonchev–Trinajstić information content (AvgIpc) is 3.49. The van der Waals surface area contributed by atoms with Crippen molar-refractivity contribution in [3.05, 3.63) is 170 Å². The Balaban J connectivity index is 4.53. The van der Waals surface area contributed by atoms with Gasteiger partial charge in [-0.1, -0.05) is 287 Å². The van der Waals surface area contributed by atoms with Crippen LogP contribution in [0.5, 0.6) is 0 Å². The average molecular weight is 1140 g/mol. The van der Waals surface area contributed by atoms with E-state index in [1.807, 2.05) is 6.08 Å². The number of rotatable bonds is 59. The van der Waals surface area contributed by atoms with Crippen molar-refractivity contribution in [1.29, 1.82) is 0 Å². The van der Waals surface area contributed by atoms with E-state index >= 15 is 0 Å². The summed E-state index contributed by atoms with van der Waals surface area (Å²) in [6.45, 7) is 6.32. The van der Waals surface area contributed by atoms with E-state index in [0.29, 0.717) is 12.8 Å². The van der Waals surface area contributed by atoms with Gasteiger partial charge in [-0.2, -0.15) is 0 Å². The van der Waals surface area contributed by atoms with Crippen molar-refractivity contribution in [3.63, 3.8) is 0 Å². The normalized spacial score (nSPS) is 13.2. The van der Waals surface area contributed by atoms with Gasteiger partial charge in [-0.25, -0.2) is 0 Å². The number of hydrogen-bond acceptors (Lipinski definition) is 6. The second kappa shape index (κ2) is 69.3. The van der Waals surface area contributed by atoms with Crippen LogP contribution in [0.15, 0.2) is 170 Å². The Morgan fingerprint density at radius 2 is 0.494 bits per heavy atom. The predicted molar refractivity (Wildman–Crippen MR) is 361 cm³/mol. The summed E-state index contributed by atoms with van der Waals surface area (Å²) in [7, 11) is 0. The molecule has 6 nitrogen and oxygen atoms in total. The molecule has 0 radical (unpaired) electrons. The van der Waals surface area contributed by atoms with Crippen molar-refractivity contribution in [3.8, 4) is 0 Å². The van der Waals surface area contributed by atoms with E-state index < -0.39 is 6.10 Å². The van der Waals surface area contributed by atoms with Crippen molar-refractivity contribution < 1.29 is 28.6 Å². The summed E-state index contributed by atoms with van der Waals surface area (Å²) in [5.74, 6) is -1.03. The molecule has 83 heavy (non-hydrogen) atoms. The molecule has 6 heteroatoms. The van der Waals surface area contributed by atoms with Gasteiger partial charge in [0.05, 0.1) is 0 Å². The highest BCUT2D eigenvalue weighted by atomic mass is 16.6. The number of esters is 3. The van der Waals surface area contributed by atoms with Gasteiger partial charge in [0.25, 0.3) is 0 Å². The second-order valence-electron chi connectivity index (χ2n) is 21.6. The second-order valence-corrected chi connectivity index (χ2v) is 21.6. The molecule has 466 valence electrons. The van der Waals surface area contributed by atoms with E-state index in [1.54, 1.807) is 0 Å². The molecule has 0 bridgehead atoms. The Hall–Kier alpha value is -5.23. The minimum atomic E-state index is -0.830. The Morgan fingerprint density at radius 3 is 0.807 bits per heavy atom. The van der Waals surface area contributed by atoms with Crippen molar-refractivity contribution in [2.24, 2.45) is 0 Å². The van der Waals surface area contributed by atoms with Gasteiger partial charge in [0.1, 0.15) is 13.2 Å². The van der Waals surface area contributed by atoms with Crippen LogP contribution in [0.1, 0.15) is 278 Å². The Bertz CT molecular complexity index is 1890. The molecular weight excluding hydrogens is 1020 g/mol. The van der Waals surface area contributed by atoms with Crippen LogP contribution in [0.3, 0.4) is 0 Å². The molecule has 0 saturated heterocycles. The zero-order valence-electron chi connectivity index (χ0n) is 53.4. The minimum absolute atomic E-state index is 0.118. The van der Waals surface area contributed by atoms with E-state index in [4.69, 9.17) is 14.2 Å². The molecular formula is C77H122O6. The van der Waals surface area contributed by atoms with E-state index in [1.165, 1.54) is 89.9 Å². The lowest BCUT2D eigenvalue weighted by molar-refractivity contribution is -0.166. The van der Waals surface area contributed by atoms with Crippen LogP contribution in [0.4, 0.5) is 0 Å². The topological polar surface area (TPSA) is 78.9 Å². The highest BCUT2D eigenvalue weighted by Crippen LogP contribution is 2.14. The Morgan fingerprint density at radius 1 is 0.253 bits per heavy atom. The van der Waals surface area contributed by atoms with Gasteiger partial charge in [0.2, 0.25) is 0 Å². The molecule has 1 atom stereocenters. The summed E-state index contributed by atoms with van der Waals surface area (Å²) in [5.41, 5.74) is 0.